The van der Waals surface area contributed by atoms with Crippen LogP contribution in [0.1, 0.15) is 42.8 Å². The third-order valence-corrected chi connectivity index (χ3v) is 4.64. The second-order valence-corrected chi connectivity index (χ2v) is 6.62. The van der Waals surface area contributed by atoms with Crippen molar-refractivity contribution in [3.8, 4) is 0 Å². The predicted molar refractivity (Wildman–Crippen MR) is 64.8 cm³/mol. The molecule has 0 amide bonds. The van der Waals surface area contributed by atoms with Gasteiger partial charge in [-0.2, -0.15) is 0 Å². The highest BCUT2D eigenvalue weighted by Crippen LogP contribution is 2.44. The van der Waals surface area contributed by atoms with Gasteiger partial charge < -0.3 is 0 Å². The zero-order chi connectivity index (χ0) is 11.1. The van der Waals surface area contributed by atoms with Gasteiger partial charge in [0.2, 0.25) is 0 Å². The molecule has 1 aromatic heterocycles. The van der Waals surface area contributed by atoms with Crippen LogP contribution in [0.3, 0.4) is 0 Å². The lowest BCUT2D eigenvalue weighted by molar-refractivity contribution is 0.0843. The smallest absolute Gasteiger partial charge is 0.176 e. The summed E-state index contributed by atoms with van der Waals surface area (Å²) < 4.78 is 0.703. The molecular weight excluding hydrogens is 228 g/mol. The number of carbonyl (C=O) groups excluding carboxylic acids is 1. The van der Waals surface area contributed by atoms with E-state index in [1.165, 1.54) is 17.8 Å². The molecule has 1 aliphatic rings. The van der Waals surface area contributed by atoms with Crippen molar-refractivity contribution in [2.24, 2.45) is 11.3 Å². The number of thiophene rings is 1. The fourth-order valence-electron chi connectivity index (χ4n) is 2.43. The summed E-state index contributed by atoms with van der Waals surface area (Å²) in [7, 11) is 0. The van der Waals surface area contributed by atoms with Gasteiger partial charge in [0.1, 0.15) is 0 Å². The van der Waals surface area contributed by atoms with Crippen LogP contribution < -0.4 is 0 Å². The Morgan fingerprint density at radius 2 is 2.27 bits per heavy atom. The van der Waals surface area contributed by atoms with Crippen molar-refractivity contribution in [1.29, 1.82) is 0 Å². The molecule has 1 aromatic rings. The van der Waals surface area contributed by atoms with E-state index in [1.54, 1.807) is 6.07 Å². The molecule has 1 nitrogen and oxygen atoms in total. The number of halogens is 1. The van der Waals surface area contributed by atoms with Crippen LogP contribution in [0.25, 0.3) is 0 Å². The van der Waals surface area contributed by atoms with Crippen molar-refractivity contribution in [1.82, 2.24) is 0 Å². The van der Waals surface area contributed by atoms with E-state index in [1.807, 2.05) is 6.07 Å². The molecule has 15 heavy (non-hydrogen) atoms. The normalized spacial score (nSPS) is 24.3. The Labute approximate surface area is 99.5 Å². The van der Waals surface area contributed by atoms with Crippen molar-refractivity contribution >= 4 is 28.7 Å². The quantitative estimate of drug-likeness (QED) is 0.702. The van der Waals surface area contributed by atoms with Crippen LogP contribution in [0.4, 0.5) is 0 Å². The Morgan fingerprint density at radius 1 is 1.53 bits per heavy atom. The van der Waals surface area contributed by atoms with Gasteiger partial charge in [-0.3, -0.25) is 4.79 Å². The Morgan fingerprint density at radius 3 is 2.73 bits per heavy atom. The third-order valence-electron chi connectivity index (χ3n) is 3.39. The zero-order valence-corrected chi connectivity index (χ0v) is 10.6. The van der Waals surface area contributed by atoms with Crippen molar-refractivity contribution in [2.45, 2.75) is 33.1 Å². The van der Waals surface area contributed by atoms with Crippen molar-refractivity contribution in [2.75, 3.05) is 0 Å². The summed E-state index contributed by atoms with van der Waals surface area (Å²) in [6.07, 6.45) is 3.35. The molecule has 1 aliphatic carbocycles. The summed E-state index contributed by atoms with van der Waals surface area (Å²) in [5.41, 5.74) is 0.160. The van der Waals surface area contributed by atoms with Gasteiger partial charge in [0.15, 0.2) is 5.78 Å². The van der Waals surface area contributed by atoms with Gasteiger partial charge in [-0.15, -0.1) is 11.3 Å². The number of hydrogen-bond donors (Lipinski definition) is 0. The lowest BCUT2D eigenvalue weighted by atomic mass is 9.79. The molecule has 1 unspecified atom stereocenters. The molecule has 0 N–H and O–H groups in total. The number of hydrogen-bond acceptors (Lipinski definition) is 2. The van der Waals surface area contributed by atoms with E-state index < -0.39 is 0 Å². The van der Waals surface area contributed by atoms with Gasteiger partial charge in [0.25, 0.3) is 0 Å². The van der Waals surface area contributed by atoms with Crippen LogP contribution in [-0.2, 0) is 0 Å². The lowest BCUT2D eigenvalue weighted by Crippen LogP contribution is -2.25. The third kappa shape index (κ3) is 2.11. The van der Waals surface area contributed by atoms with Crippen LogP contribution in [-0.4, -0.2) is 5.78 Å². The van der Waals surface area contributed by atoms with Gasteiger partial charge >= 0.3 is 0 Å². The largest absolute Gasteiger partial charge is 0.293 e. The first kappa shape index (κ1) is 11.2. The van der Waals surface area contributed by atoms with Crippen LogP contribution in [0.15, 0.2) is 12.1 Å². The number of carbonyl (C=O) groups is 1. The maximum Gasteiger partial charge on any atom is 0.176 e. The minimum absolute atomic E-state index is 0.160. The molecule has 0 aromatic carbocycles. The average molecular weight is 243 g/mol. The van der Waals surface area contributed by atoms with Crippen molar-refractivity contribution < 1.29 is 4.79 Å². The molecule has 0 spiro atoms. The lowest BCUT2D eigenvalue weighted by Gasteiger charge is -2.25. The predicted octanol–water partition coefficient (Wildman–Crippen LogP) is 4.41. The summed E-state index contributed by atoms with van der Waals surface area (Å²) >= 11 is 7.25. The first-order chi connectivity index (χ1) is 7.00. The molecule has 1 fully saturated rings. The fraction of sp³-hybridized carbons (Fsp3) is 0.583. The summed E-state index contributed by atoms with van der Waals surface area (Å²) in [5, 5.41) is 0. The Balaban J connectivity index is 2.21. The first-order valence-corrected chi connectivity index (χ1v) is 6.50. The van der Waals surface area contributed by atoms with Crippen LogP contribution >= 0.6 is 22.9 Å². The van der Waals surface area contributed by atoms with Gasteiger partial charge in [-0.1, -0.05) is 31.9 Å². The van der Waals surface area contributed by atoms with Crippen molar-refractivity contribution in [3.63, 3.8) is 0 Å². The molecule has 0 bridgehead atoms. The van der Waals surface area contributed by atoms with E-state index in [0.717, 1.165) is 17.7 Å². The Kier molecular flexibility index (Phi) is 2.91. The number of rotatable bonds is 2. The molecule has 82 valence electrons. The summed E-state index contributed by atoms with van der Waals surface area (Å²) in [6.45, 7) is 4.38. The first-order valence-electron chi connectivity index (χ1n) is 5.30. The molecule has 3 heteroatoms. The Hall–Kier alpha value is -0.340. The minimum Gasteiger partial charge on any atom is -0.293 e. The molecule has 1 atom stereocenters. The van der Waals surface area contributed by atoms with Gasteiger partial charge in [-0.05, 0) is 30.4 Å². The topological polar surface area (TPSA) is 17.1 Å². The standard InChI is InChI=1S/C12H15ClOS/c1-12(2)7-3-4-8(12)11(14)9-5-6-10(13)15-9/h5-6,8H,3-4,7H2,1-2H3. The van der Waals surface area contributed by atoms with E-state index in [9.17, 15) is 4.79 Å². The van der Waals surface area contributed by atoms with Crippen molar-refractivity contribution in [3.05, 3.63) is 21.3 Å². The Bertz CT molecular complexity index is 381. The second kappa shape index (κ2) is 3.91. The fourth-order valence-corrected chi connectivity index (χ4v) is 3.47. The van der Waals surface area contributed by atoms with E-state index in [-0.39, 0.29) is 17.1 Å². The van der Waals surface area contributed by atoms with Crippen LogP contribution in [0, 0.1) is 11.3 Å². The molecule has 0 aliphatic heterocycles. The second-order valence-electron chi connectivity index (χ2n) is 4.90. The molecular formula is C12H15ClOS. The van der Waals surface area contributed by atoms with E-state index in [0.29, 0.717) is 4.34 Å². The molecule has 2 rings (SSSR count). The molecule has 0 saturated heterocycles. The zero-order valence-electron chi connectivity index (χ0n) is 9.05. The van der Waals surface area contributed by atoms with Gasteiger partial charge in [-0.25, -0.2) is 0 Å². The van der Waals surface area contributed by atoms with Gasteiger partial charge in [0.05, 0.1) is 9.21 Å². The molecule has 1 heterocycles. The summed E-state index contributed by atoms with van der Waals surface area (Å²) in [4.78, 5) is 13.0. The van der Waals surface area contributed by atoms with Crippen LogP contribution in [0.5, 0.6) is 0 Å². The average Bonchev–Trinajstić information content (AvgIpc) is 2.70. The van der Waals surface area contributed by atoms with Crippen LogP contribution in [0.2, 0.25) is 4.34 Å². The van der Waals surface area contributed by atoms with Gasteiger partial charge in [0, 0.05) is 5.92 Å². The maximum absolute atomic E-state index is 12.2. The number of Topliss-reactive ketones (excluding diaryl/α,β-unsaturated/α-hetero) is 1. The number of ketones is 1. The minimum atomic E-state index is 0.160. The molecule has 1 saturated carbocycles. The molecule has 0 radical (unpaired) electrons. The summed E-state index contributed by atoms with van der Waals surface area (Å²) in [6, 6.07) is 3.66. The highest BCUT2D eigenvalue weighted by atomic mass is 35.5. The van der Waals surface area contributed by atoms with E-state index in [4.69, 9.17) is 11.6 Å². The summed E-state index contributed by atoms with van der Waals surface area (Å²) in [5.74, 6) is 0.474. The highest BCUT2D eigenvalue weighted by Gasteiger charge is 2.39. The maximum atomic E-state index is 12.2. The SMILES string of the molecule is CC1(C)CCCC1C(=O)c1ccc(Cl)s1. The van der Waals surface area contributed by atoms with E-state index in [2.05, 4.69) is 13.8 Å². The monoisotopic (exact) mass is 242 g/mol. The highest BCUT2D eigenvalue weighted by molar-refractivity contribution is 7.18. The van der Waals surface area contributed by atoms with E-state index >= 15 is 0 Å².